The van der Waals surface area contributed by atoms with Crippen molar-refractivity contribution >= 4 is 11.6 Å². The van der Waals surface area contributed by atoms with Gasteiger partial charge in [0.1, 0.15) is 5.76 Å². The molecule has 0 saturated carbocycles. The number of aliphatic hydroxyl groups is 1. The molecule has 2 rings (SSSR count). The Labute approximate surface area is 124 Å². The fourth-order valence-electron chi connectivity index (χ4n) is 2.18. The third kappa shape index (κ3) is 4.10. The SMILES string of the molecule is CCN(CCC(O)c1ccccc1Cl)Cc1ccco1. The third-order valence-corrected chi connectivity index (χ3v) is 3.73. The van der Waals surface area contributed by atoms with Gasteiger partial charge in [0.2, 0.25) is 0 Å². The molecule has 1 aromatic heterocycles. The van der Waals surface area contributed by atoms with E-state index in [1.54, 1.807) is 12.3 Å². The smallest absolute Gasteiger partial charge is 0.117 e. The van der Waals surface area contributed by atoms with Crippen molar-refractivity contribution in [3.63, 3.8) is 0 Å². The maximum Gasteiger partial charge on any atom is 0.117 e. The average molecular weight is 294 g/mol. The second-order valence-corrected chi connectivity index (χ2v) is 5.18. The first-order valence-corrected chi connectivity index (χ1v) is 7.25. The zero-order valence-corrected chi connectivity index (χ0v) is 12.4. The van der Waals surface area contributed by atoms with Crippen LogP contribution in [0.1, 0.15) is 30.8 Å². The number of hydrogen-bond donors (Lipinski definition) is 1. The van der Waals surface area contributed by atoms with Gasteiger partial charge >= 0.3 is 0 Å². The Morgan fingerprint density at radius 3 is 2.70 bits per heavy atom. The maximum atomic E-state index is 10.2. The molecule has 0 radical (unpaired) electrons. The van der Waals surface area contributed by atoms with Crippen LogP contribution >= 0.6 is 11.6 Å². The fourth-order valence-corrected chi connectivity index (χ4v) is 2.44. The Morgan fingerprint density at radius 1 is 1.25 bits per heavy atom. The van der Waals surface area contributed by atoms with Crippen molar-refractivity contribution in [2.45, 2.75) is 26.0 Å². The molecule has 108 valence electrons. The number of benzene rings is 1. The molecule has 1 N–H and O–H groups in total. The summed E-state index contributed by atoms with van der Waals surface area (Å²) in [6.07, 6.45) is 1.80. The quantitative estimate of drug-likeness (QED) is 0.842. The lowest BCUT2D eigenvalue weighted by Crippen LogP contribution is -2.25. The van der Waals surface area contributed by atoms with Gasteiger partial charge < -0.3 is 9.52 Å². The summed E-state index contributed by atoms with van der Waals surface area (Å²) in [7, 11) is 0. The minimum absolute atomic E-state index is 0.533. The topological polar surface area (TPSA) is 36.6 Å². The molecule has 2 aromatic rings. The van der Waals surface area contributed by atoms with Crippen LogP contribution in [0.3, 0.4) is 0 Å². The molecule has 1 heterocycles. The molecule has 0 amide bonds. The van der Waals surface area contributed by atoms with Crippen molar-refractivity contribution in [2.75, 3.05) is 13.1 Å². The number of aliphatic hydroxyl groups excluding tert-OH is 1. The van der Waals surface area contributed by atoms with E-state index in [2.05, 4.69) is 11.8 Å². The van der Waals surface area contributed by atoms with E-state index in [4.69, 9.17) is 16.0 Å². The maximum absolute atomic E-state index is 10.2. The van der Waals surface area contributed by atoms with Gasteiger partial charge in [-0.05, 0) is 36.7 Å². The van der Waals surface area contributed by atoms with Crippen molar-refractivity contribution in [3.8, 4) is 0 Å². The molecule has 0 saturated heterocycles. The van der Waals surface area contributed by atoms with Gasteiger partial charge in [0.25, 0.3) is 0 Å². The first-order valence-electron chi connectivity index (χ1n) is 6.88. The monoisotopic (exact) mass is 293 g/mol. The first-order chi connectivity index (χ1) is 9.70. The Kier molecular flexibility index (Phi) is 5.65. The number of halogens is 1. The van der Waals surface area contributed by atoms with E-state index >= 15 is 0 Å². The summed E-state index contributed by atoms with van der Waals surface area (Å²) in [6.45, 7) is 4.57. The van der Waals surface area contributed by atoms with Gasteiger partial charge in [-0.1, -0.05) is 36.7 Å². The van der Waals surface area contributed by atoms with Gasteiger partial charge in [-0.15, -0.1) is 0 Å². The van der Waals surface area contributed by atoms with Crippen LogP contribution in [0.25, 0.3) is 0 Å². The molecule has 1 atom stereocenters. The second kappa shape index (κ2) is 7.48. The standard InChI is InChI=1S/C16H20ClNO2/c1-2-18(12-13-6-5-11-20-13)10-9-16(19)14-7-3-4-8-15(14)17/h3-8,11,16,19H,2,9-10,12H2,1H3. The van der Waals surface area contributed by atoms with Gasteiger partial charge in [-0.2, -0.15) is 0 Å². The molecule has 20 heavy (non-hydrogen) atoms. The summed E-state index contributed by atoms with van der Waals surface area (Å²) in [5, 5.41) is 10.9. The Bertz CT molecular complexity index is 513. The molecule has 0 aliphatic carbocycles. The summed E-state index contributed by atoms with van der Waals surface area (Å²) in [5.74, 6) is 0.944. The first kappa shape index (κ1) is 15.1. The normalized spacial score (nSPS) is 12.8. The van der Waals surface area contributed by atoms with Gasteiger partial charge in [-0.25, -0.2) is 0 Å². The molecule has 0 spiro atoms. The Balaban J connectivity index is 1.88. The summed E-state index contributed by atoms with van der Waals surface area (Å²) in [4.78, 5) is 2.24. The van der Waals surface area contributed by atoms with E-state index in [1.165, 1.54) is 0 Å². The van der Waals surface area contributed by atoms with E-state index in [-0.39, 0.29) is 0 Å². The van der Waals surface area contributed by atoms with Crippen LogP contribution in [0.4, 0.5) is 0 Å². The summed E-state index contributed by atoms with van der Waals surface area (Å²) in [6, 6.07) is 11.3. The highest BCUT2D eigenvalue weighted by atomic mass is 35.5. The zero-order valence-electron chi connectivity index (χ0n) is 11.6. The minimum Gasteiger partial charge on any atom is -0.468 e. The van der Waals surface area contributed by atoms with Crippen LogP contribution in [-0.2, 0) is 6.54 Å². The number of rotatable bonds is 7. The van der Waals surface area contributed by atoms with Crippen molar-refractivity contribution in [1.29, 1.82) is 0 Å². The van der Waals surface area contributed by atoms with Crippen molar-refractivity contribution in [1.82, 2.24) is 4.90 Å². The molecule has 3 nitrogen and oxygen atoms in total. The Hall–Kier alpha value is -1.29. The third-order valence-electron chi connectivity index (χ3n) is 3.39. The van der Waals surface area contributed by atoms with Crippen LogP contribution in [0.5, 0.6) is 0 Å². The van der Waals surface area contributed by atoms with Gasteiger partial charge in [0.15, 0.2) is 0 Å². The lowest BCUT2D eigenvalue weighted by Gasteiger charge is -2.21. The number of furan rings is 1. The zero-order chi connectivity index (χ0) is 14.4. The molecule has 1 unspecified atom stereocenters. The minimum atomic E-state index is -0.533. The summed E-state index contributed by atoms with van der Waals surface area (Å²) < 4.78 is 5.35. The lowest BCUT2D eigenvalue weighted by atomic mass is 10.1. The predicted molar refractivity (Wildman–Crippen MR) is 80.7 cm³/mol. The van der Waals surface area contributed by atoms with E-state index in [1.807, 2.05) is 30.3 Å². The number of hydrogen-bond acceptors (Lipinski definition) is 3. The second-order valence-electron chi connectivity index (χ2n) is 4.77. The molecule has 0 fully saturated rings. The highest BCUT2D eigenvalue weighted by Crippen LogP contribution is 2.25. The van der Waals surface area contributed by atoms with Gasteiger partial charge in [0, 0.05) is 11.6 Å². The molecule has 0 bridgehead atoms. The molecule has 1 aromatic carbocycles. The van der Waals surface area contributed by atoms with Crippen molar-refractivity contribution in [3.05, 3.63) is 59.0 Å². The molecular formula is C16H20ClNO2. The van der Waals surface area contributed by atoms with Crippen LogP contribution in [0.15, 0.2) is 47.1 Å². The van der Waals surface area contributed by atoms with Crippen LogP contribution in [-0.4, -0.2) is 23.1 Å². The van der Waals surface area contributed by atoms with Crippen LogP contribution in [0.2, 0.25) is 5.02 Å². The predicted octanol–water partition coefficient (Wildman–Crippen LogP) is 3.88. The lowest BCUT2D eigenvalue weighted by molar-refractivity contribution is 0.139. The highest BCUT2D eigenvalue weighted by Gasteiger charge is 2.13. The van der Waals surface area contributed by atoms with E-state index < -0.39 is 6.10 Å². The molecule has 0 aliphatic rings. The summed E-state index contributed by atoms with van der Waals surface area (Å²) in [5.41, 5.74) is 0.795. The van der Waals surface area contributed by atoms with Crippen LogP contribution in [0, 0.1) is 0 Å². The van der Waals surface area contributed by atoms with E-state index in [0.29, 0.717) is 11.4 Å². The van der Waals surface area contributed by atoms with E-state index in [0.717, 1.165) is 31.0 Å². The fraction of sp³-hybridized carbons (Fsp3) is 0.375. The Morgan fingerprint density at radius 2 is 2.05 bits per heavy atom. The number of nitrogens with zero attached hydrogens (tertiary/aromatic N) is 1. The average Bonchev–Trinajstić information content (AvgIpc) is 2.96. The van der Waals surface area contributed by atoms with Gasteiger partial charge in [-0.3, -0.25) is 4.90 Å². The summed E-state index contributed by atoms with van der Waals surface area (Å²) >= 11 is 6.09. The van der Waals surface area contributed by atoms with Crippen molar-refractivity contribution < 1.29 is 9.52 Å². The van der Waals surface area contributed by atoms with E-state index in [9.17, 15) is 5.11 Å². The highest BCUT2D eigenvalue weighted by molar-refractivity contribution is 6.31. The van der Waals surface area contributed by atoms with Crippen molar-refractivity contribution in [2.24, 2.45) is 0 Å². The largest absolute Gasteiger partial charge is 0.468 e. The molecular weight excluding hydrogens is 274 g/mol. The molecule has 0 aliphatic heterocycles. The molecule has 4 heteroatoms. The van der Waals surface area contributed by atoms with Crippen LogP contribution < -0.4 is 0 Å². The van der Waals surface area contributed by atoms with Gasteiger partial charge in [0.05, 0.1) is 18.9 Å².